The number of carbonyl (C=O) groups is 2. The molecule has 0 spiro atoms. The van der Waals surface area contributed by atoms with Gasteiger partial charge in [-0.05, 0) is 30.5 Å². The zero-order chi connectivity index (χ0) is 19.6. The summed E-state index contributed by atoms with van der Waals surface area (Å²) in [5.41, 5.74) is 0.106. The number of hydrogen-bond acceptors (Lipinski definition) is 5. The van der Waals surface area contributed by atoms with E-state index < -0.39 is 11.7 Å². The molecule has 0 aliphatic heterocycles. The molecule has 9 heteroatoms. The van der Waals surface area contributed by atoms with Crippen molar-refractivity contribution < 1.29 is 32.3 Å². The van der Waals surface area contributed by atoms with E-state index >= 15 is 0 Å². The van der Waals surface area contributed by atoms with Crippen LogP contribution in [0.3, 0.4) is 0 Å². The summed E-state index contributed by atoms with van der Waals surface area (Å²) in [7, 11) is 1.28. The first-order valence-corrected chi connectivity index (χ1v) is 7.91. The predicted molar refractivity (Wildman–Crippen MR) is 88.5 cm³/mol. The number of nitrogens with one attached hydrogen (secondary N) is 1. The summed E-state index contributed by atoms with van der Waals surface area (Å²) in [5.74, 6) is -0.595. The molecule has 0 aromatic heterocycles. The number of ether oxygens (including phenoxy) is 1. The van der Waals surface area contributed by atoms with Gasteiger partial charge in [0.15, 0.2) is 0 Å². The van der Waals surface area contributed by atoms with Crippen LogP contribution in [0.4, 0.5) is 13.2 Å². The van der Waals surface area contributed by atoms with Crippen molar-refractivity contribution in [1.29, 1.82) is 0 Å². The van der Waals surface area contributed by atoms with E-state index in [9.17, 15) is 22.8 Å². The van der Waals surface area contributed by atoms with E-state index in [4.69, 9.17) is 4.84 Å². The minimum absolute atomic E-state index is 0.112. The summed E-state index contributed by atoms with van der Waals surface area (Å²) in [6, 6.07) is 4.53. The van der Waals surface area contributed by atoms with Crippen molar-refractivity contribution in [2.75, 3.05) is 20.3 Å². The van der Waals surface area contributed by atoms with E-state index in [2.05, 4.69) is 15.2 Å². The van der Waals surface area contributed by atoms with Crippen LogP contribution in [0.15, 0.2) is 29.4 Å². The van der Waals surface area contributed by atoms with Gasteiger partial charge in [-0.1, -0.05) is 17.3 Å². The normalized spacial score (nSPS) is 11.8. The molecule has 144 valence electrons. The van der Waals surface area contributed by atoms with Gasteiger partial charge in [-0.3, -0.25) is 9.59 Å². The molecule has 1 N–H and O–H groups in total. The first-order chi connectivity index (χ1) is 12.2. The number of methoxy groups -OCH3 is 1. The van der Waals surface area contributed by atoms with Crippen LogP contribution in [0.5, 0.6) is 0 Å². The molecule has 1 amide bonds. The van der Waals surface area contributed by atoms with E-state index in [1.54, 1.807) is 0 Å². The maximum Gasteiger partial charge on any atom is 0.416 e. The van der Waals surface area contributed by atoms with Crippen molar-refractivity contribution in [3.63, 3.8) is 0 Å². The van der Waals surface area contributed by atoms with Gasteiger partial charge >= 0.3 is 12.1 Å². The third-order valence-electron chi connectivity index (χ3n) is 3.31. The Morgan fingerprint density at radius 2 is 1.81 bits per heavy atom. The second kappa shape index (κ2) is 10.4. The molecular formula is C17H21F3N2O4. The molecule has 1 aromatic rings. The van der Waals surface area contributed by atoms with Crippen molar-refractivity contribution in [1.82, 2.24) is 5.32 Å². The smallest absolute Gasteiger partial charge is 0.416 e. The second-order valence-corrected chi connectivity index (χ2v) is 5.36. The Morgan fingerprint density at radius 3 is 2.35 bits per heavy atom. The molecule has 0 aliphatic carbocycles. The van der Waals surface area contributed by atoms with Crippen LogP contribution in [0, 0.1) is 0 Å². The molecule has 26 heavy (non-hydrogen) atoms. The molecule has 1 aromatic carbocycles. The highest BCUT2D eigenvalue weighted by atomic mass is 19.4. The molecule has 0 aliphatic rings. The summed E-state index contributed by atoms with van der Waals surface area (Å²) in [4.78, 5) is 27.1. The fraction of sp³-hybridized carbons (Fsp3) is 0.471. The Balaban J connectivity index is 2.78. The molecule has 6 nitrogen and oxygen atoms in total. The highest BCUT2D eigenvalue weighted by Crippen LogP contribution is 2.29. The molecule has 0 fully saturated rings. The van der Waals surface area contributed by atoms with Gasteiger partial charge in [-0.15, -0.1) is 0 Å². The lowest BCUT2D eigenvalue weighted by atomic mass is 10.0. The van der Waals surface area contributed by atoms with Gasteiger partial charge in [0.1, 0.15) is 6.61 Å². The van der Waals surface area contributed by atoms with Crippen molar-refractivity contribution in [2.24, 2.45) is 5.16 Å². The van der Waals surface area contributed by atoms with E-state index in [1.807, 2.05) is 0 Å². The lowest BCUT2D eigenvalue weighted by Gasteiger charge is -2.10. The summed E-state index contributed by atoms with van der Waals surface area (Å²) in [6.45, 7) is 1.73. The number of rotatable bonds is 9. The lowest BCUT2D eigenvalue weighted by molar-refractivity contribution is -0.140. The second-order valence-electron chi connectivity index (χ2n) is 5.36. The van der Waals surface area contributed by atoms with E-state index in [1.165, 1.54) is 26.2 Å². The molecule has 0 saturated heterocycles. The number of hydrogen-bond donors (Lipinski definition) is 1. The average Bonchev–Trinajstić information content (AvgIpc) is 2.58. The largest absolute Gasteiger partial charge is 0.469 e. The fourth-order valence-corrected chi connectivity index (χ4v) is 1.99. The Bertz CT molecular complexity index is 628. The van der Waals surface area contributed by atoms with Gasteiger partial charge in [-0.25, -0.2) is 0 Å². The Labute approximate surface area is 149 Å². The number of nitrogens with zero attached hydrogens (tertiary/aromatic N) is 1. The zero-order valence-corrected chi connectivity index (χ0v) is 14.6. The number of benzene rings is 1. The number of halogens is 3. The first kappa shape index (κ1) is 21.5. The number of oxime groups is 1. The van der Waals surface area contributed by atoms with Gasteiger partial charge in [0.05, 0.1) is 24.9 Å². The topological polar surface area (TPSA) is 77.0 Å². The Kier molecular flexibility index (Phi) is 8.60. The summed E-state index contributed by atoms with van der Waals surface area (Å²) >= 11 is 0. The third kappa shape index (κ3) is 8.00. The van der Waals surface area contributed by atoms with Crippen LogP contribution in [0.2, 0.25) is 0 Å². The first-order valence-electron chi connectivity index (χ1n) is 7.91. The summed E-state index contributed by atoms with van der Waals surface area (Å²) in [5, 5.41) is 6.47. The standard InChI is InChI=1S/C17H21F3N2O4/c1-12(23)21-10-11-26-22-15(4-3-5-16(24)25-2)13-6-8-14(9-7-13)17(18,19)20/h6-9H,3-5,10-11H2,1-2H3,(H,21,23). The third-order valence-corrected chi connectivity index (χ3v) is 3.31. The molecule has 0 unspecified atom stereocenters. The van der Waals surface area contributed by atoms with Crippen LogP contribution >= 0.6 is 0 Å². The van der Waals surface area contributed by atoms with E-state index in [0.29, 0.717) is 24.1 Å². The number of carbonyl (C=O) groups excluding carboxylic acids is 2. The molecule has 0 bridgehead atoms. The highest BCUT2D eigenvalue weighted by Gasteiger charge is 2.30. The highest BCUT2D eigenvalue weighted by molar-refractivity contribution is 6.00. The van der Waals surface area contributed by atoms with Crippen LogP contribution in [-0.4, -0.2) is 37.8 Å². The van der Waals surface area contributed by atoms with Crippen LogP contribution in [-0.2, 0) is 25.3 Å². The van der Waals surface area contributed by atoms with Crippen molar-refractivity contribution in [2.45, 2.75) is 32.4 Å². The number of alkyl halides is 3. The molecule has 0 saturated carbocycles. The van der Waals surface area contributed by atoms with Crippen molar-refractivity contribution in [3.05, 3.63) is 35.4 Å². The van der Waals surface area contributed by atoms with Crippen LogP contribution < -0.4 is 5.32 Å². The molecule has 0 heterocycles. The van der Waals surface area contributed by atoms with Gasteiger partial charge < -0.3 is 14.9 Å². The van der Waals surface area contributed by atoms with Gasteiger partial charge in [0.25, 0.3) is 0 Å². The van der Waals surface area contributed by atoms with Crippen molar-refractivity contribution in [3.8, 4) is 0 Å². The number of amides is 1. The van der Waals surface area contributed by atoms with Crippen LogP contribution in [0.1, 0.15) is 37.3 Å². The number of esters is 1. The molecule has 0 radical (unpaired) electrons. The van der Waals surface area contributed by atoms with E-state index in [0.717, 1.165) is 12.1 Å². The molecule has 1 rings (SSSR count). The minimum atomic E-state index is -4.42. The monoisotopic (exact) mass is 374 g/mol. The predicted octanol–water partition coefficient (Wildman–Crippen LogP) is 2.91. The van der Waals surface area contributed by atoms with Crippen LogP contribution in [0.25, 0.3) is 0 Å². The van der Waals surface area contributed by atoms with Gasteiger partial charge in [0, 0.05) is 13.3 Å². The molecular weight excluding hydrogens is 353 g/mol. The summed E-state index contributed by atoms with van der Waals surface area (Å²) in [6.07, 6.45) is -3.54. The van der Waals surface area contributed by atoms with E-state index in [-0.39, 0.29) is 31.4 Å². The Morgan fingerprint density at radius 1 is 1.15 bits per heavy atom. The summed E-state index contributed by atoms with van der Waals surface area (Å²) < 4.78 is 42.5. The van der Waals surface area contributed by atoms with Gasteiger partial charge in [-0.2, -0.15) is 13.2 Å². The minimum Gasteiger partial charge on any atom is -0.469 e. The average molecular weight is 374 g/mol. The van der Waals surface area contributed by atoms with Gasteiger partial charge in [0.2, 0.25) is 5.91 Å². The lowest BCUT2D eigenvalue weighted by Crippen LogP contribution is -2.23. The Hall–Kier alpha value is -2.58. The maximum absolute atomic E-state index is 12.7. The van der Waals surface area contributed by atoms with Crippen molar-refractivity contribution >= 4 is 17.6 Å². The maximum atomic E-state index is 12.7. The zero-order valence-electron chi connectivity index (χ0n) is 14.6. The SMILES string of the molecule is COC(=O)CCCC(=NOCCNC(C)=O)c1ccc(C(F)(F)F)cc1. The quantitative estimate of drug-likeness (QED) is 0.312. The fourth-order valence-electron chi connectivity index (χ4n) is 1.99. The molecule has 0 atom stereocenters.